The largest absolute Gasteiger partial charge is 0.383 e. The van der Waals surface area contributed by atoms with Crippen molar-refractivity contribution >= 4 is 28.6 Å². The second-order valence-corrected chi connectivity index (χ2v) is 6.88. The summed E-state index contributed by atoms with van der Waals surface area (Å²) < 4.78 is 7.32. The number of morpholine rings is 1. The summed E-state index contributed by atoms with van der Waals surface area (Å²) in [5.41, 5.74) is 0.237. The van der Waals surface area contributed by atoms with E-state index in [1.165, 1.54) is 0 Å². The Morgan fingerprint density at radius 3 is 2.39 bits per heavy atom. The molecule has 2 aromatic rings. The molecule has 0 atom stereocenters. The van der Waals surface area contributed by atoms with Crippen LogP contribution in [0.15, 0.2) is 0 Å². The van der Waals surface area contributed by atoms with Gasteiger partial charge in [-0.15, -0.1) is 0 Å². The molecule has 3 rings (SSSR count). The molecule has 23 heavy (non-hydrogen) atoms. The summed E-state index contributed by atoms with van der Waals surface area (Å²) in [6, 6.07) is 0.0879. The number of hydrogen-bond donors (Lipinski definition) is 1. The summed E-state index contributed by atoms with van der Waals surface area (Å²) in [7, 11) is 0. The number of halogens is 1. The van der Waals surface area contributed by atoms with E-state index in [4.69, 9.17) is 16.3 Å². The van der Waals surface area contributed by atoms with Gasteiger partial charge in [0.05, 0.1) is 13.2 Å². The summed E-state index contributed by atoms with van der Waals surface area (Å²) in [6.45, 7) is 10.2. The number of ether oxygens (including phenoxy) is 1. The SMILES string of the molecule is CC(C)n1c(C(C)(C)O)nc2c(N3CCOCC3)nc(Cl)nc21. The molecule has 1 N–H and O–H groups in total. The van der Waals surface area contributed by atoms with Crippen LogP contribution in [0.25, 0.3) is 11.2 Å². The number of aromatic nitrogens is 4. The van der Waals surface area contributed by atoms with Crippen LogP contribution in [0.5, 0.6) is 0 Å². The van der Waals surface area contributed by atoms with Crippen LogP contribution in [0.4, 0.5) is 5.82 Å². The molecule has 1 aliphatic heterocycles. The molecule has 126 valence electrons. The van der Waals surface area contributed by atoms with E-state index in [0.717, 1.165) is 13.1 Å². The van der Waals surface area contributed by atoms with Gasteiger partial charge in [0.2, 0.25) is 5.28 Å². The standard InChI is InChI=1S/C15H22ClN5O2/c1-9(2)21-12-10(17-13(21)15(3,4)22)11(18-14(16)19-12)20-5-7-23-8-6-20/h9,22H,5-8H2,1-4H3. The lowest BCUT2D eigenvalue weighted by Gasteiger charge is -2.27. The van der Waals surface area contributed by atoms with Gasteiger partial charge in [0.25, 0.3) is 0 Å². The van der Waals surface area contributed by atoms with Gasteiger partial charge in [-0.25, -0.2) is 4.98 Å². The Labute approximate surface area is 140 Å². The summed E-state index contributed by atoms with van der Waals surface area (Å²) in [5.74, 6) is 1.27. The molecule has 8 heteroatoms. The first kappa shape index (κ1) is 16.4. The molecular weight excluding hydrogens is 318 g/mol. The molecule has 0 spiro atoms. The fourth-order valence-corrected chi connectivity index (χ4v) is 3.01. The van der Waals surface area contributed by atoms with E-state index < -0.39 is 5.60 Å². The van der Waals surface area contributed by atoms with Crippen molar-refractivity contribution < 1.29 is 9.84 Å². The van der Waals surface area contributed by atoms with Gasteiger partial charge in [0, 0.05) is 19.1 Å². The van der Waals surface area contributed by atoms with Gasteiger partial charge in [-0.1, -0.05) is 0 Å². The van der Waals surface area contributed by atoms with Crippen LogP contribution in [0.3, 0.4) is 0 Å². The molecule has 3 heterocycles. The first-order valence-electron chi connectivity index (χ1n) is 7.80. The van der Waals surface area contributed by atoms with Crippen LogP contribution < -0.4 is 4.90 Å². The second kappa shape index (κ2) is 5.89. The van der Waals surface area contributed by atoms with E-state index in [9.17, 15) is 5.11 Å². The van der Waals surface area contributed by atoms with Gasteiger partial charge in [0.15, 0.2) is 17.0 Å². The quantitative estimate of drug-likeness (QED) is 0.863. The minimum Gasteiger partial charge on any atom is -0.383 e. The average molecular weight is 340 g/mol. The van der Waals surface area contributed by atoms with Crippen molar-refractivity contribution in [3.05, 3.63) is 11.1 Å². The van der Waals surface area contributed by atoms with Gasteiger partial charge in [-0.05, 0) is 39.3 Å². The Kier molecular flexibility index (Phi) is 4.20. The Hall–Kier alpha value is -1.44. The van der Waals surface area contributed by atoms with Crippen molar-refractivity contribution in [2.75, 3.05) is 31.2 Å². The van der Waals surface area contributed by atoms with Crippen LogP contribution in [-0.4, -0.2) is 50.9 Å². The predicted octanol–water partition coefficient (Wildman–Crippen LogP) is 2.12. The van der Waals surface area contributed by atoms with Crippen molar-refractivity contribution in [2.24, 2.45) is 0 Å². The Bertz CT molecular complexity index is 717. The normalized spacial score (nSPS) is 16.6. The maximum Gasteiger partial charge on any atom is 0.226 e. The molecule has 0 unspecified atom stereocenters. The van der Waals surface area contributed by atoms with Gasteiger partial charge in [-0.2, -0.15) is 9.97 Å². The highest BCUT2D eigenvalue weighted by Crippen LogP contribution is 2.32. The zero-order chi connectivity index (χ0) is 16.8. The number of nitrogens with zero attached hydrogens (tertiary/aromatic N) is 5. The van der Waals surface area contributed by atoms with Crippen LogP contribution in [0.2, 0.25) is 5.28 Å². The van der Waals surface area contributed by atoms with Crippen LogP contribution >= 0.6 is 11.6 Å². The topological polar surface area (TPSA) is 76.3 Å². The Morgan fingerprint density at radius 1 is 1.17 bits per heavy atom. The summed E-state index contributed by atoms with van der Waals surface area (Å²) in [6.07, 6.45) is 0. The highest BCUT2D eigenvalue weighted by Gasteiger charge is 2.29. The van der Waals surface area contributed by atoms with E-state index in [0.29, 0.717) is 36.0 Å². The van der Waals surface area contributed by atoms with Crippen LogP contribution in [0, 0.1) is 0 Å². The fourth-order valence-electron chi connectivity index (χ4n) is 2.85. The van der Waals surface area contributed by atoms with Crippen molar-refractivity contribution in [3.63, 3.8) is 0 Å². The molecule has 0 amide bonds. The van der Waals surface area contributed by atoms with Crippen LogP contribution in [-0.2, 0) is 10.3 Å². The van der Waals surface area contributed by atoms with Crippen molar-refractivity contribution in [1.82, 2.24) is 19.5 Å². The first-order chi connectivity index (χ1) is 10.8. The lowest BCUT2D eigenvalue weighted by atomic mass is 10.1. The molecule has 0 aliphatic carbocycles. The highest BCUT2D eigenvalue weighted by atomic mass is 35.5. The number of imidazole rings is 1. The molecule has 1 saturated heterocycles. The Morgan fingerprint density at radius 2 is 1.83 bits per heavy atom. The van der Waals surface area contributed by atoms with E-state index in [-0.39, 0.29) is 11.3 Å². The first-order valence-corrected chi connectivity index (χ1v) is 8.18. The Balaban J connectivity index is 2.26. The minimum absolute atomic E-state index is 0.0879. The second-order valence-electron chi connectivity index (χ2n) is 6.55. The monoisotopic (exact) mass is 339 g/mol. The molecule has 1 fully saturated rings. The van der Waals surface area contributed by atoms with E-state index in [2.05, 4.69) is 19.9 Å². The number of fused-ring (bicyclic) bond motifs is 1. The summed E-state index contributed by atoms with van der Waals surface area (Å²) >= 11 is 6.16. The zero-order valence-corrected chi connectivity index (χ0v) is 14.6. The van der Waals surface area contributed by atoms with Gasteiger partial charge >= 0.3 is 0 Å². The summed E-state index contributed by atoms with van der Waals surface area (Å²) in [4.78, 5) is 15.5. The number of aliphatic hydroxyl groups is 1. The van der Waals surface area contributed by atoms with Crippen molar-refractivity contribution in [1.29, 1.82) is 0 Å². The van der Waals surface area contributed by atoms with E-state index in [1.807, 2.05) is 18.4 Å². The van der Waals surface area contributed by atoms with Crippen LogP contribution in [0.1, 0.15) is 39.6 Å². The number of hydrogen-bond acceptors (Lipinski definition) is 6. The average Bonchev–Trinajstić information content (AvgIpc) is 2.86. The number of rotatable bonds is 3. The maximum atomic E-state index is 10.5. The zero-order valence-electron chi connectivity index (χ0n) is 13.9. The molecule has 1 aliphatic rings. The smallest absolute Gasteiger partial charge is 0.226 e. The summed E-state index contributed by atoms with van der Waals surface area (Å²) in [5, 5.41) is 10.7. The third-order valence-corrected chi connectivity index (χ3v) is 4.04. The highest BCUT2D eigenvalue weighted by molar-refractivity contribution is 6.28. The molecular formula is C15H22ClN5O2. The van der Waals surface area contributed by atoms with E-state index in [1.54, 1.807) is 13.8 Å². The van der Waals surface area contributed by atoms with Gasteiger partial charge in [-0.3, -0.25) is 0 Å². The third-order valence-electron chi connectivity index (χ3n) is 3.87. The molecule has 7 nitrogen and oxygen atoms in total. The predicted molar refractivity (Wildman–Crippen MR) is 89.0 cm³/mol. The maximum absolute atomic E-state index is 10.5. The van der Waals surface area contributed by atoms with Crippen molar-refractivity contribution in [3.8, 4) is 0 Å². The third kappa shape index (κ3) is 3.00. The number of anilines is 1. The molecule has 0 saturated carbocycles. The lowest BCUT2D eigenvalue weighted by molar-refractivity contribution is 0.0641. The van der Waals surface area contributed by atoms with Crippen molar-refractivity contribution in [2.45, 2.75) is 39.3 Å². The lowest BCUT2D eigenvalue weighted by Crippen LogP contribution is -2.37. The van der Waals surface area contributed by atoms with Gasteiger partial charge < -0.3 is 19.3 Å². The molecule has 0 radical (unpaired) electrons. The fraction of sp³-hybridized carbons (Fsp3) is 0.667. The van der Waals surface area contributed by atoms with Gasteiger partial charge in [0.1, 0.15) is 11.4 Å². The minimum atomic E-state index is -1.08. The van der Waals surface area contributed by atoms with E-state index >= 15 is 0 Å². The molecule has 2 aromatic heterocycles. The molecule has 0 bridgehead atoms. The molecule has 0 aromatic carbocycles.